The fourth-order valence-corrected chi connectivity index (χ4v) is 3.26. The number of aromatic nitrogens is 2. The molecular formula is C18H23FN4O3. The molecule has 1 aromatic heterocycles. The van der Waals surface area contributed by atoms with Gasteiger partial charge in [0.15, 0.2) is 0 Å². The Morgan fingerprint density at radius 3 is 2.92 bits per heavy atom. The number of rotatable bonds is 6. The van der Waals surface area contributed by atoms with Gasteiger partial charge in [0.1, 0.15) is 17.3 Å². The van der Waals surface area contributed by atoms with E-state index < -0.39 is 0 Å². The number of halogens is 1. The molecule has 2 N–H and O–H groups in total. The molecule has 1 aliphatic heterocycles. The van der Waals surface area contributed by atoms with Crippen molar-refractivity contribution in [3.63, 3.8) is 0 Å². The second-order valence-electron chi connectivity index (χ2n) is 6.32. The highest BCUT2D eigenvalue weighted by Gasteiger charge is 2.30. The summed E-state index contributed by atoms with van der Waals surface area (Å²) in [7, 11) is 1.50. The van der Waals surface area contributed by atoms with Crippen LogP contribution >= 0.6 is 0 Å². The number of aliphatic hydroxyl groups is 1. The molecule has 0 aliphatic carbocycles. The lowest BCUT2D eigenvalue weighted by Gasteiger charge is -2.41. The molecule has 1 amide bonds. The molecule has 1 atom stereocenters. The molecule has 3 rings (SSSR count). The third kappa shape index (κ3) is 4.03. The normalized spacial score (nSPS) is 18.1. The second kappa shape index (κ2) is 8.29. The van der Waals surface area contributed by atoms with Crippen molar-refractivity contribution in [3.05, 3.63) is 47.5 Å². The first-order valence-electron chi connectivity index (χ1n) is 8.58. The number of nitrogens with one attached hydrogen (secondary N) is 1. The maximum Gasteiger partial charge on any atom is 0.271 e. The van der Waals surface area contributed by atoms with Crippen molar-refractivity contribution in [2.75, 3.05) is 33.4 Å². The van der Waals surface area contributed by atoms with E-state index >= 15 is 0 Å². The van der Waals surface area contributed by atoms with Crippen molar-refractivity contribution in [2.24, 2.45) is 0 Å². The zero-order valence-electron chi connectivity index (χ0n) is 14.7. The van der Waals surface area contributed by atoms with Gasteiger partial charge in [-0.2, -0.15) is 5.10 Å². The minimum atomic E-state index is -0.317. The topological polar surface area (TPSA) is 81.7 Å². The molecule has 1 saturated heterocycles. The molecule has 0 radical (unpaired) electrons. The zero-order valence-corrected chi connectivity index (χ0v) is 14.7. The summed E-state index contributed by atoms with van der Waals surface area (Å²) < 4.78 is 19.3. The molecule has 1 unspecified atom stereocenters. The number of piperazine rings is 1. The molecule has 8 heteroatoms. The van der Waals surface area contributed by atoms with E-state index in [1.165, 1.54) is 13.2 Å². The minimum absolute atomic E-state index is 0.0123. The smallest absolute Gasteiger partial charge is 0.271 e. The molecule has 2 aromatic rings. The Labute approximate surface area is 151 Å². The number of ether oxygens (including phenoxy) is 1. The van der Waals surface area contributed by atoms with Crippen molar-refractivity contribution < 1.29 is 19.0 Å². The van der Waals surface area contributed by atoms with Crippen LogP contribution in [0.3, 0.4) is 0 Å². The number of amides is 1. The fraction of sp³-hybridized carbons (Fsp3) is 0.444. The van der Waals surface area contributed by atoms with E-state index in [4.69, 9.17) is 4.74 Å². The predicted molar refractivity (Wildman–Crippen MR) is 93.3 cm³/mol. The van der Waals surface area contributed by atoms with Crippen molar-refractivity contribution in [1.29, 1.82) is 0 Å². The molecule has 0 spiro atoms. The molecule has 1 aliphatic rings. The number of carbonyl (C=O) groups excluding carboxylic acids is 1. The van der Waals surface area contributed by atoms with E-state index in [9.17, 15) is 14.3 Å². The SMILES string of the molecule is COc1ccc(CN2CCN(C(=O)c3ccn[nH]3)CC2CCO)c(F)c1. The van der Waals surface area contributed by atoms with E-state index in [1.54, 1.807) is 29.3 Å². The minimum Gasteiger partial charge on any atom is -0.497 e. The Morgan fingerprint density at radius 1 is 1.42 bits per heavy atom. The van der Waals surface area contributed by atoms with E-state index in [2.05, 4.69) is 15.1 Å². The zero-order chi connectivity index (χ0) is 18.5. The molecule has 140 valence electrons. The first-order chi connectivity index (χ1) is 12.6. The Bertz CT molecular complexity index is 738. The molecular weight excluding hydrogens is 339 g/mol. The lowest BCUT2D eigenvalue weighted by atomic mass is 10.1. The van der Waals surface area contributed by atoms with E-state index in [0.717, 1.165) is 0 Å². The molecule has 1 fully saturated rings. The number of methoxy groups -OCH3 is 1. The third-order valence-corrected chi connectivity index (χ3v) is 4.72. The van der Waals surface area contributed by atoms with Gasteiger partial charge in [-0.25, -0.2) is 4.39 Å². The number of hydrogen-bond donors (Lipinski definition) is 2. The van der Waals surface area contributed by atoms with Gasteiger partial charge in [-0.1, -0.05) is 6.07 Å². The highest BCUT2D eigenvalue weighted by Crippen LogP contribution is 2.22. The van der Waals surface area contributed by atoms with E-state index in [0.29, 0.717) is 49.6 Å². The Hall–Kier alpha value is -2.45. The summed E-state index contributed by atoms with van der Waals surface area (Å²) in [6, 6.07) is 6.42. The average Bonchev–Trinajstić information content (AvgIpc) is 3.19. The fourth-order valence-electron chi connectivity index (χ4n) is 3.26. The van der Waals surface area contributed by atoms with Crippen LogP contribution in [0.5, 0.6) is 5.75 Å². The highest BCUT2D eigenvalue weighted by atomic mass is 19.1. The summed E-state index contributed by atoms with van der Waals surface area (Å²) in [5.41, 5.74) is 1.02. The van der Waals surface area contributed by atoms with Gasteiger partial charge < -0.3 is 14.7 Å². The number of nitrogens with zero attached hydrogens (tertiary/aromatic N) is 3. The van der Waals surface area contributed by atoms with Gasteiger partial charge in [0.05, 0.1) is 7.11 Å². The monoisotopic (exact) mass is 362 g/mol. The predicted octanol–water partition coefficient (Wildman–Crippen LogP) is 1.27. The molecule has 0 saturated carbocycles. The highest BCUT2D eigenvalue weighted by molar-refractivity contribution is 5.92. The number of aromatic amines is 1. The molecule has 0 bridgehead atoms. The molecule has 2 heterocycles. The number of hydrogen-bond acceptors (Lipinski definition) is 5. The number of H-pyrrole nitrogens is 1. The van der Waals surface area contributed by atoms with Gasteiger partial charge in [-0.3, -0.25) is 14.8 Å². The molecule has 7 nitrogen and oxygen atoms in total. The van der Waals surface area contributed by atoms with Crippen LogP contribution in [0, 0.1) is 5.82 Å². The van der Waals surface area contributed by atoms with Crippen LogP contribution < -0.4 is 4.74 Å². The van der Waals surface area contributed by atoms with E-state index in [-0.39, 0.29) is 24.4 Å². The summed E-state index contributed by atoms with van der Waals surface area (Å²) in [6.07, 6.45) is 2.06. The van der Waals surface area contributed by atoms with E-state index in [1.807, 2.05) is 0 Å². The summed E-state index contributed by atoms with van der Waals surface area (Å²) in [5.74, 6) is 0.0527. The van der Waals surface area contributed by atoms with Gasteiger partial charge in [0, 0.05) is 56.7 Å². The average molecular weight is 362 g/mol. The number of carbonyl (C=O) groups is 1. The van der Waals surface area contributed by atoms with Crippen molar-refractivity contribution in [2.45, 2.75) is 19.0 Å². The first-order valence-corrected chi connectivity index (χ1v) is 8.58. The quantitative estimate of drug-likeness (QED) is 0.809. The summed E-state index contributed by atoms with van der Waals surface area (Å²) in [4.78, 5) is 16.4. The Morgan fingerprint density at radius 2 is 2.27 bits per heavy atom. The first kappa shape index (κ1) is 18.3. The van der Waals surface area contributed by atoms with Crippen molar-refractivity contribution in [1.82, 2.24) is 20.0 Å². The summed E-state index contributed by atoms with van der Waals surface area (Å²) in [5, 5.41) is 15.9. The van der Waals surface area contributed by atoms with Crippen LogP contribution in [0.2, 0.25) is 0 Å². The Kier molecular flexibility index (Phi) is 5.85. The third-order valence-electron chi connectivity index (χ3n) is 4.72. The molecule has 1 aromatic carbocycles. The maximum absolute atomic E-state index is 14.3. The summed E-state index contributed by atoms with van der Waals surface area (Å²) >= 11 is 0. The van der Waals surface area contributed by atoms with Crippen molar-refractivity contribution >= 4 is 5.91 Å². The maximum atomic E-state index is 14.3. The number of aliphatic hydroxyl groups excluding tert-OH is 1. The molecule has 26 heavy (non-hydrogen) atoms. The van der Waals surface area contributed by atoms with Crippen LogP contribution in [0.15, 0.2) is 30.5 Å². The Balaban J connectivity index is 1.69. The van der Waals surface area contributed by atoms with Crippen molar-refractivity contribution in [3.8, 4) is 5.75 Å². The van der Waals surface area contributed by atoms with Gasteiger partial charge in [-0.05, 0) is 18.6 Å². The van der Waals surface area contributed by atoms with Gasteiger partial charge in [0.25, 0.3) is 5.91 Å². The van der Waals surface area contributed by atoms with Crippen LogP contribution in [0.1, 0.15) is 22.5 Å². The van der Waals surface area contributed by atoms with Crippen LogP contribution in [0.25, 0.3) is 0 Å². The lowest BCUT2D eigenvalue weighted by molar-refractivity contribution is 0.0387. The van der Waals surface area contributed by atoms with Crippen LogP contribution in [0.4, 0.5) is 4.39 Å². The lowest BCUT2D eigenvalue weighted by Crippen LogP contribution is -2.54. The van der Waals surface area contributed by atoms with Crippen LogP contribution in [-0.2, 0) is 6.54 Å². The largest absolute Gasteiger partial charge is 0.497 e. The second-order valence-corrected chi connectivity index (χ2v) is 6.32. The van der Waals surface area contributed by atoms with Crippen LogP contribution in [-0.4, -0.2) is 70.4 Å². The van der Waals surface area contributed by atoms with Gasteiger partial charge in [0.2, 0.25) is 0 Å². The standard InChI is InChI=1S/C18H23FN4O3/c1-26-15-3-2-13(16(19)10-15)11-22-7-8-23(12-14(22)5-9-24)18(25)17-4-6-20-21-17/h2-4,6,10,14,24H,5,7-9,11-12H2,1H3,(H,20,21). The number of benzene rings is 1. The van der Waals surface area contributed by atoms with Gasteiger partial charge >= 0.3 is 0 Å². The summed E-state index contributed by atoms with van der Waals surface area (Å²) in [6.45, 7) is 2.06. The van der Waals surface area contributed by atoms with Gasteiger partial charge in [-0.15, -0.1) is 0 Å².